The maximum Gasteiger partial charge on any atom is 0.301 e. The number of H-pyrrole nitrogens is 1. The molecule has 3 aliphatic heterocycles. The molecule has 2 aromatic carbocycles. The number of aromatic amines is 1. The highest BCUT2D eigenvalue weighted by Crippen LogP contribution is 2.32. The topological polar surface area (TPSA) is 236 Å². The van der Waals surface area contributed by atoms with Crippen LogP contribution in [-0.2, 0) is 29.4 Å². The van der Waals surface area contributed by atoms with Gasteiger partial charge in [0.25, 0.3) is 12.4 Å². The van der Waals surface area contributed by atoms with Crippen LogP contribution in [-0.4, -0.2) is 126 Å². The van der Waals surface area contributed by atoms with E-state index in [0.29, 0.717) is 59.9 Å². The molecule has 5 aromatic rings. The largest absolute Gasteiger partial charge is 0.483 e. The van der Waals surface area contributed by atoms with Crippen molar-refractivity contribution in [3.05, 3.63) is 102 Å². The summed E-state index contributed by atoms with van der Waals surface area (Å²) in [6.45, 7) is 4.81. The zero-order chi connectivity index (χ0) is 47.8. The Morgan fingerprint density at radius 3 is 2.31 bits per heavy atom. The van der Waals surface area contributed by atoms with Gasteiger partial charge in [-0.05, 0) is 92.7 Å². The van der Waals surface area contributed by atoms with E-state index in [1.54, 1.807) is 25.4 Å². The summed E-state index contributed by atoms with van der Waals surface area (Å²) in [5.41, 5.74) is 1.32. The van der Waals surface area contributed by atoms with Gasteiger partial charge in [-0.1, -0.05) is 19.1 Å². The molecule has 3 aliphatic rings. The van der Waals surface area contributed by atoms with E-state index in [-0.39, 0.29) is 42.9 Å². The first kappa shape index (κ1) is 48.1. The lowest BCUT2D eigenvalue weighted by atomic mass is 9.89. The van der Waals surface area contributed by atoms with Crippen molar-refractivity contribution in [1.82, 2.24) is 34.8 Å². The standard InChI is InChI=1S/C45H49F2N9O7S.CH2O2/c1-3-54(2)64(61,62)53-36-10-9-35(46)41(42(36)47)43(59)34-25-50-44-33(34)22-30(24-49-44)29-6-12-38(48-23-29)56-20-16-31(17-21-56)51-40(58)26-55-18-14-28(15-19-55)27-4-7-32(8-5-27)63-37-11-13-39(57)52-45(37)60;2-1-3/h4-10,12,22-25,28,31,37,53H,3,11,13-21,26H2,1-2H3,(H,49,50)(H,51,58)(H,52,57,60);1H,(H,2,3). The van der Waals surface area contributed by atoms with E-state index < -0.39 is 50.9 Å². The third-order valence-electron chi connectivity index (χ3n) is 12.2. The molecular formula is C46H51F2N9O9S. The lowest BCUT2D eigenvalue weighted by Gasteiger charge is -2.34. The van der Waals surface area contributed by atoms with Crippen LogP contribution in [0.1, 0.15) is 72.9 Å². The van der Waals surface area contributed by atoms with E-state index in [1.807, 2.05) is 36.4 Å². The lowest BCUT2D eigenvalue weighted by molar-refractivity contribution is -0.139. The maximum absolute atomic E-state index is 15.6. The number of carboxylic acid groups (broad SMARTS) is 1. The smallest absolute Gasteiger partial charge is 0.301 e. The molecule has 1 atom stereocenters. The fourth-order valence-corrected chi connectivity index (χ4v) is 9.31. The van der Waals surface area contributed by atoms with Crippen LogP contribution in [0.3, 0.4) is 0 Å². The molecule has 3 aromatic heterocycles. The van der Waals surface area contributed by atoms with Crippen molar-refractivity contribution in [2.24, 2.45) is 0 Å². The number of anilines is 2. The lowest BCUT2D eigenvalue weighted by Crippen LogP contribution is -2.48. The molecule has 8 rings (SSSR count). The monoisotopic (exact) mass is 943 g/mol. The molecule has 1 unspecified atom stereocenters. The number of nitrogens with zero attached hydrogens (tertiary/aromatic N) is 5. The number of imide groups is 1. The molecule has 3 amide bonds. The number of rotatable bonds is 14. The molecule has 0 radical (unpaired) electrons. The van der Waals surface area contributed by atoms with Crippen LogP contribution in [0.5, 0.6) is 5.75 Å². The highest BCUT2D eigenvalue weighted by Gasteiger charge is 2.30. The summed E-state index contributed by atoms with van der Waals surface area (Å²) in [6, 6.07) is 15.1. The molecule has 0 spiro atoms. The second-order valence-electron chi connectivity index (χ2n) is 16.5. The van der Waals surface area contributed by atoms with E-state index >= 15 is 8.78 Å². The predicted octanol–water partition coefficient (Wildman–Crippen LogP) is 4.59. The second kappa shape index (κ2) is 21.2. The molecule has 3 saturated heterocycles. The molecule has 354 valence electrons. The van der Waals surface area contributed by atoms with Gasteiger partial charge < -0.3 is 25.0 Å². The summed E-state index contributed by atoms with van der Waals surface area (Å²) >= 11 is 0. The van der Waals surface area contributed by atoms with Crippen molar-refractivity contribution in [2.75, 3.05) is 55.9 Å². The first-order chi connectivity index (χ1) is 32.2. The summed E-state index contributed by atoms with van der Waals surface area (Å²) in [4.78, 5) is 74.9. The van der Waals surface area contributed by atoms with Crippen molar-refractivity contribution < 1.29 is 51.0 Å². The fraction of sp³-hybridized carbons (Fsp3) is 0.370. The van der Waals surface area contributed by atoms with Crippen LogP contribution in [0.4, 0.5) is 20.3 Å². The van der Waals surface area contributed by atoms with Gasteiger partial charge in [-0.25, -0.2) is 18.7 Å². The van der Waals surface area contributed by atoms with Crippen molar-refractivity contribution >= 4 is 62.7 Å². The van der Waals surface area contributed by atoms with E-state index in [0.717, 1.165) is 61.0 Å². The Hall–Kier alpha value is -6.84. The number of benzene rings is 2. The molecule has 6 heterocycles. The minimum Gasteiger partial charge on any atom is -0.483 e. The molecule has 0 bridgehead atoms. The predicted molar refractivity (Wildman–Crippen MR) is 244 cm³/mol. The first-order valence-corrected chi connectivity index (χ1v) is 23.3. The average molecular weight is 944 g/mol. The Labute approximate surface area is 385 Å². The highest BCUT2D eigenvalue weighted by atomic mass is 32.2. The summed E-state index contributed by atoms with van der Waals surface area (Å²) in [5, 5.41) is 12.7. The van der Waals surface area contributed by atoms with Gasteiger partial charge in [0, 0.05) is 86.2 Å². The summed E-state index contributed by atoms with van der Waals surface area (Å²) in [5.74, 6) is -2.41. The minimum absolute atomic E-state index is 0.0128. The Morgan fingerprint density at radius 1 is 0.955 bits per heavy atom. The van der Waals surface area contributed by atoms with Crippen LogP contribution < -0.4 is 25.0 Å². The molecule has 3 fully saturated rings. The number of hydrogen-bond acceptors (Lipinski definition) is 12. The van der Waals surface area contributed by atoms with Crippen LogP contribution in [0, 0.1) is 11.6 Å². The molecular weight excluding hydrogens is 893 g/mol. The van der Waals surface area contributed by atoms with Crippen molar-refractivity contribution in [3.8, 4) is 16.9 Å². The van der Waals surface area contributed by atoms with Crippen molar-refractivity contribution in [2.45, 2.75) is 63.5 Å². The summed E-state index contributed by atoms with van der Waals surface area (Å²) in [6.07, 6.45) is 7.94. The van der Waals surface area contributed by atoms with Gasteiger partial charge in [-0.15, -0.1) is 0 Å². The van der Waals surface area contributed by atoms with E-state index in [4.69, 9.17) is 19.6 Å². The molecule has 67 heavy (non-hydrogen) atoms. The number of carbonyl (C=O) groups is 5. The number of ether oxygens (including phenoxy) is 1. The molecule has 18 nitrogen and oxygen atoms in total. The third-order valence-corrected chi connectivity index (χ3v) is 13.8. The average Bonchev–Trinajstić information content (AvgIpc) is 3.75. The maximum atomic E-state index is 15.6. The number of pyridine rings is 2. The van der Waals surface area contributed by atoms with Crippen LogP contribution in [0.25, 0.3) is 22.2 Å². The van der Waals surface area contributed by atoms with E-state index in [2.05, 4.69) is 35.1 Å². The zero-order valence-corrected chi connectivity index (χ0v) is 37.7. The molecule has 0 aliphatic carbocycles. The van der Waals surface area contributed by atoms with Crippen LogP contribution >= 0.6 is 0 Å². The summed E-state index contributed by atoms with van der Waals surface area (Å²) < 4.78 is 64.6. The van der Waals surface area contributed by atoms with Crippen LogP contribution in [0.15, 0.2) is 73.2 Å². The number of halogens is 2. The van der Waals surface area contributed by atoms with Gasteiger partial charge in [-0.3, -0.25) is 38.9 Å². The number of piperidine rings is 3. The highest BCUT2D eigenvalue weighted by molar-refractivity contribution is 7.90. The Morgan fingerprint density at radius 2 is 1.66 bits per heavy atom. The number of hydrogen-bond donors (Lipinski definition) is 5. The number of carbonyl (C=O) groups excluding carboxylic acids is 4. The van der Waals surface area contributed by atoms with Gasteiger partial charge >= 0.3 is 10.2 Å². The first-order valence-electron chi connectivity index (χ1n) is 21.8. The van der Waals surface area contributed by atoms with Gasteiger partial charge in [0.15, 0.2) is 11.9 Å². The van der Waals surface area contributed by atoms with Gasteiger partial charge in [0.1, 0.15) is 23.0 Å². The van der Waals surface area contributed by atoms with Crippen molar-refractivity contribution in [3.63, 3.8) is 0 Å². The molecule has 5 N–H and O–H groups in total. The van der Waals surface area contributed by atoms with Gasteiger partial charge in [0.2, 0.25) is 17.6 Å². The van der Waals surface area contributed by atoms with Crippen LogP contribution in [0.2, 0.25) is 0 Å². The van der Waals surface area contributed by atoms with E-state index in [1.165, 1.54) is 18.8 Å². The normalized spacial score (nSPS) is 17.4. The molecule has 21 heteroatoms. The number of ketones is 1. The van der Waals surface area contributed by atoms with E-state index in [9.17, 15) is 27.6 Å². The van der Waals surface area contributed by atoms with Crippen molar-refractivity contribution in [1.29, 1.82) is 0 Å². The number of nitrogens with one attached hydrogen (secondary N) is 4. The van der Waals surface area contributed by atoms with Gasteiger partial charge in [-0.2, -0.15) is 12.7 Å². The Bertz CT molecular complexity index is 2720. The number of aromatic nitrogens is 3. The third kappa shape index (κ3) is 11.4. The zero-order valence-electron chi connectivity index (χ0n) is 36.8. The summed E-state index contributed by atoms with van der Waals surface area (Å²) in [7, 11) is -2.85. The number of likely N-dealkylation sites (tertiary alicyclic amines) is 1. The minimum atomic E-state index is -4.15. The molecule has 0 saturated carbocycles. The number of fused-ring (bicyclic) bond motifs is 1. The SMILES string of the molecule is CCN(C)S(=O)(=O)Nc1ccc(F)c(C(=O)c2c[nH]c3ncc(-c4ccc(N5CCC(NC(=O)CN6CCC(c7ccc(OC8CCC(=O)NC8=O)cc7)CC6)CC5)nc4)cc23)c1F.O=CO. The second-order valence-corrected chi connectivity index (χ2v) is 18.3. The fourth-order valence-electron chi connectivity index (χ4n) is 8.38. The quantitative estimate of drug-likeness (QED) is 0.0583. The Kier molecular flexibility index (Phi) is 15.2. The van der Waals surface area contributed by atoms with Gasteiger partial charge in [0.05, 0.1) is 17.8 Å². The Balaban J connectivity index is 0.00000216. The number of amides is 3.